The Morgan fingerprint density at radius 2 is 2.00 bits per heavy atom. The number of hydrogen-bond donors (Lipinski definition) is 2. The van der Waals surface area contributed by atoms with Crippen molar-refractivity contribution in [2.24, 2.45) is 5.73 Å². The number of primary amides is 1. The Balaban J connectivity index is 2.41. The van der Waals surface area contributed by atoms with Gasteiger partial charge in [0.15, 0.2) is 0 Å². The van der Waals surface area contributed by atoms with Crippen molar-refractivity contribution in [1.29, 1.82) is 0 Å². The SMILES string of the molecule is NC(=O)C=CCN(CCOc1ccc(I)cc1)C(=O)O. The summed E-state index contributed by atoms with van der Waals surface area (Å²) in [6.07, 6.45) is 1.46. The van der Waals surface area contributed by atoms with Crippen molar-refractivity contribution in [3.8, 4) is 5.75 Å². The Morgan fingerprint density at radius 3 is 2.55 bits per heavy atom. The van der Waals surface area contributed by atoms with E-state index in [2.05, 4.69) is 22.6 Å². The van der Waals surface area contributed by atoms with Crippen LogP contribution in [0.1, 0.15) is 0 Å². The zero-order chi connectivity index (χ0) is 15.0. The van der Waals surface area contributed by atoms with E-state index in [0.717, 1.165) is 14.5 Å². The molecule has 1 rings (SSSR count). The van der Waals surface area contributed by atoms with Gasteiger partial charge in [0, 0.05) is 16.2 Å². The van der Waals surface area contributed by atoms with Gasteiger partial charge in [0.05, 0.1) is 6.54 Å². The molecule has 7 heteroatoms. The highest BCUT2D eigenvalue weighted by Crippen LogP contribution is 2.13. The highest BCUT2D eigenvalue weighted by atomic mass is 127. The fraction of sp³-hybridized carbons (Fsp3) is 0.231. The second-order valence-corrected chi connectivity index (χ2v) is 5.08. The highest BCUT2D eigenvalue weighted by molar-refractivity contribution is 14.1. The molecule has 0 aliphatic heterocycles. The van der Waals surface area contributed by atoms with E-state index >= 15 is 0 Å². The van der Waals surface area contributed by atoms with Crippen LogP contribution in [0.25, 0.3) is 0 Å². The molecule has 0 aliphatic rings. The van der Waals surface area contributed by atoms with Gasteiger partial charge in [-0.15, -0.1) is 0 Å². The number of nitrogens with two attached hydrogens (primary N) is 1. The number of halogens is 1. The molecule has 0 heterocycles. The number of benzene rings is 1. The van der Waals surface area contributed by atoms with E-state index in [4.69, 9.17) is 15.6 Å². The van der Waals surface area contributed by atoms with Crippen molar-refractivity contribution in [2.75, 3.05) is 19.7 Å². The second-order valence-electron chi connectivity index (χ2n) is 3.84. The number of ether oxygens (including phenoxy) is 1. The molecule has 0 radical (unpaired) electrons. The molecular weight excluding hydrogens is 375 g/mol. The van der Waals surface area contributed by atoms with Crippen molar-refractivity contribution in [3.63, 3.8) is 0 Å². The third-order valence-corrected chi connectivity index (χ3v) is 3.04. The maximum Gasteiger partial charge on any atom is 0.407 e. The molecule has 0 bridgehead atoms. The van der Waals surface area contributed by atoms with Crippen LogP contribution in [0.3, 0.4) is 0 Å². The van der Waals surface area contributed by atoms with E-state index < -0.39 is 12.0 Å². The average molecular weight is 390 g/mol. The molecule has 0 fully saturated rings. The van der Waals surface area contributed by atoms with Crippen molar-refractivity contribution in [1.82, 2.24) is 4.90 Å². The fourth-order valence-electron chi connectivity index (χ4n) is 1.37. The maximum atomic E-state index is 11.0. The Kier molecular flexibility index (Phi) is 6.85. The van der Waals surface area contributed by atoms with Crippen LogP contribution < -0.4 is 10.5 Å². The lowest BCUT2D eigenvalue weighted by molar-refractivity contribution is -0.113. The molecule has 0 atom stereocenters. The summed E-state index contributed by atoms with van der Waals surface area (Å²) in [6, 6.07) is 7.45. The van der Waals surface area contributed by atoms with E-state index in [-0.39, 0.29) is 19.7 Å². The maximum absolute atomic E-state index is 11.0. The van der Waals surface area contributed by atoms with Crippen molar-refractivity contribution >= 4 is 34.6 Å². The van der Waals surface area contributed by atoms with Gasteiger partial charge in [0.25, 0.3) is 0 Å². The van der Waals surface area contributed by atoms with Crippen molar-refractivity contribution < 1.29 is 19.4 Å². The van der Waals surface area contributed by atoms with Crippen molar-refractivity contribution in [3.05, 3.63) is 40.0 Å². The Hall–Kier alpha value is -1.77. The molecular formula is C13H15IN2O4. The van der Waals surface area contributed by atoms with E-state index in [9.17, 15) is 9.59 Å². The lowest BCUT2D eigenvalue weighted by Gasteiger charge is -2.17. The molecule has 108 valence electrons. The number of nitrogens with zero attached hydrogens (tertiary/aromatic N) is 1. The van der Waals surface area contributed by atoms with Gasteiger partial charge in [-0.25, -0.2) is 4.79 Å². The lowest BCUT2D eigenvalue weighted by Crippen LogP contribution is -2.33. The summed E-state index contributed by atoms with van der Waals surface area (Å²) in [5.41, 5.74) is 4.93. The number of carboxylic acid groups (broad SMARTS) is 1. The summed E-state index contributed by atoms with van der Waals surface area (Å²) in [6.45, 7) is 0.524. The van der Waals surface area contributed by atoms with Crippen LogP contribution in [0.15, 0.2) is 36.4 Å². The topological polar surface area (TPSA) is 92.9 Å². The third kappa shape index (κ3) is 6.41. The van der Waals surface area contributed by atoms with Gasteiger partial charge in [-0.3, -0.25) is 4.79 Å². The number of carbonyl (C=O) groups is 2. The zero-order valence-corrected chi connectivity index (χ0v) is 12.8. The highest BCUT2D eigenvalue weighted by Gasteiger charge is 2.09. The van der Waals surface area contributed by atoms with E-state index in [1.54, 1.807) is 0 Å². The first kappa shape index (κ1) is 16.3. The molecule has 2 amide bonds. The van der Waals surface area contributed by atoms with Gasteiger partial charge in [-0.05, 0) is 46.9 Å². The molecule has 0 unspecified atom stereocenters. The van der Waals surface area contributed by atoms with Crippen molar-refractivity contribution in [2.45, 2.75) is 0 Å². The molecule has 3 N–H and O–H groups in total. The molecule has 0 aliphatic carbocycles. The van der Waals surface area contributed by atoms with Crippen LogP contribution in [0, 0.1) is 3.57 Å². The standard InChI is InChI=1S/C13H15IN2O4/c14-10-3-5-11(6-4-10)20-9-8-16(13(18)19)7-1-2-12(15)17/h1-6H,7-9H2,(H2,15,17)(H,18,19). The molecule has 0 spiro atoms. The van der Waals surface area contributed by atoms with Gasteiger partial charge in [-0.2, -0.15) is 0 Å². The van der Waals surface area contributed by atoms with Crippen LogP contribution in [0.5, 0.6) is 5.75 Å². The number of rotatable bonds is 7. The fourth-order valence-corrected chi connectivity index (χ4v) is 1.73. The van der Waals surface area contributed by atoms with E-state index in [1.165, 1.54) is 6.08 Å². The Labute approximate surface area is 130 Å². The van der Waals surface area contributed by atoms with Gasteiger partial charge in [0.2, 0.25) is 5.91 Å². The molecule has 20 heavy (non-hydrogen) atoms. The predicted octanol–water partition coefficient (Wildman–Crippen LogP) is 1.69. The van der Waals surface area contributed by atoms with Gasteiger partial charge in [0.1, 0.15) is 12.4 Å². The number of hydrogen-bond acceptors (Lipinski definition) is 3. The summed E-state index contributed by atoms with van der Waals surface area (Å²) in [4.78, 5) is 22.6. The normalized spacial score (nSPS) is 10.4. The molecule has 6 nitrogen and oxygen atoms in total. The summed E-state index contributed by atoms with van der Waals surface area (Å²) < 4.78 is 6.54. The van der Waals surface area contributed by atoms with Gasteiger partial charge < -0.3 is 20.5 Å². The molecule has 0 saturated heterocycles. The largest absolute Gasteiger partial charge is 0.492 e. The first-order valence-corrected chi connectivity index (χ1v) is 6.89. The first-order valence-electron chi connectivity index (χ1n) is 5.81. The molecule has 1 aromatic carbocycles. The Morgan fingerprint density at radius 1 is 1.35 bits per heavy atom. The van der Waals surface area contributed by atoms with Gasteiger partial charge >= 0.3 is 6.09 Å². The quantitative estimate of drug-likeness (QED) is 0.548. The van der Waals surface area contributed by atoms with Crippen LogP contribution >= 0.6 is 22.6 Å². The average Bonchev–Trinajstić information content (AvgIpc) is 2.38. The van der Waals surface area contributed by atoms with Crippen LogP contribution in [-0.4, -0.2) is 41.7 Å². The van der Waals surface area contributed by atoms with Gasteiger partial charge in [-0.1, -0.05) is 6.08 Å². The minimum absolute atomic E-state index is 0.0916. The van der Waals surface area contributed by atoms with Crippen LogP contribution in [0.4, 0.5) is 4.79 Å². The molecule has 0 aromatic heterocycles. The second kappa shape index (κ2) is 8.41. The van der Waals surface area contributed by atoms with Crippen LogP contribution in [-0.2, 0) is 4.79 Å². The number of amides is 2. The minimum Gasteiger partial charge on any atom is -0.492 e. The predicted molar refractivity (Wildman–Crippen MR) is 82.6 cm³/mol. The molecule has 1 aromatic rings. The van der Waals surface area contributed by atoms with Crippen LogP contribution in [0.2, 0.25) is 0 Å². The zero-order valence-electron chi connectivity index (χ0n) is 10.7. The summed E-state index contributed by atoms with van der Waals surface area (Å²) in [7, 11) is 0. The first-order chi connectivity index (χ1) is 9.49. The summed E-state index contributed by atoms with van der Waals surface area (Å²) >= 11 is 2.19. The number of carbonyl (C=O) groups excluding carboxylic acids is 1. The Bertz CT molecular complexity index is 488. The third-order valence-electron chi connectivity index (χ3n) is 2.32. The summed E-state index contributed by atoms with van der Waals surface area (Å²) in [5, 5.41) is 8.99. The molecule has 0 saturated carbocycles. The minimum atomic E-state index is -1.08. The summed E-state index contributed by atoms with van der Waals surface area (Å²) in [5.74, 6) is 0.0777. The monoisotopic (exact) mass is 390 g/mol. The smallest absolute Gasteiger partial charge is 0.407 e. The van der Waals surface area contributed by atoms with E-state index in [0.29, 0.717) is 5.75 Å². The lowest BCUT2D eigenvalue weighted by atomic mass is 10.3. The van der Waals surface area contributed by atoms with E-state index in [1.807, 2.05) is 24.3 Å².